The molecule has 2 rings (SSSR count). The Hall–Kier alpha value is -1.26. The number of carbonyl (C=O) groups excluding carboxylic acids is 1. The largest absolute Gasteiger partial charge is 0.481 e. The van der Waals surface area contributed by atoms with E-state index in [4.69, 9.17) is 0 Å². The van der Waals surface area contributed by atoms with E-state index in [0.717, 1.165) is 32.2 Å². The number of amides is 2. The third-order valence-electron chi connectivity index (χ3n) is 5.33. The van der Waals surface area contributed by atoms with Crippen LogP contribution < -0.4 is 5.32 Å². The van der Waals surface area contributed by atoms with Gasteiger partial charge in [-0.3, -0.25) is 4.79 Å². The Bertz CT molecular complexity index is 389. The molecule has 21 heavy (non-hydrogen) atoms. The standard InChI is InChI=1S/C16H28N2O3/c1-12-6-8-16(9-7-12,14(19)20)11-17-15(21)18-10-4-3-5-13(18)2/h12-13H,3-11H2,1-2H3,(H,17,21)(H,19,20). The van der Waals surface area contributed by atoms with Crippen molar-refractivity contribution >= 4 is 12.0 Å². The van der Waals surface area contributed by atoms with Crippen LogP contribution in [0.2, 0.25) is 0 Å². The van der Waals surface area contributed by atoms with Crippen molar-refractivity contribution in [1.82, 2.24) is 10.2 Å². The number of urea groups is 1. The van der Waals surface area contributed by atoms with Crippen molar-refractivity contribution in [2.24, 2.45) is 11.3 Å². The number of carbonyl (C=O) groups is 2. The topological polar surface area (TPSA) is 69.6 Å². The van der Waals surface area contributed by atoms with Crippen LogP contribution >= 0.6 is 0 Å². The molecule has 120 valence electrons. The lowest BCUT2D eigenvalue weighted by molar-refractivity contribution is -0.151. The lowest BCUT2D eigenvalue weighted by Crippen LogP contribution is -2.52. The Kier molecular flexibility index (Phi) is 5.12. The van der Waals surface area contributed by atoms with Crippen LogP contribution in [0, 0.1) is 11.3 Å². The Balaban J connectivity index is 1.92. The summed E-state index contributed by atoms with van der Waals surface area (Å²) in [7, 11) is 0. The number of rotatable bonds is 3. The smallest absolute Gasteiger partial charge is 0.317 e. The first-order valence-corrected chi connectivity index (χ1v) is 8.22. The third-order valence-corrected chi connectivity index (χ3v) is 5.33. The minimum atomic E-state index is -0.763. The highest BCUT2D eigenvalue weighted by molar-refractivity contribution is 5.78. The lowest BCUT2D eigenvalue weighted by Gasteiger charge is -2.38. The second kappa shape index (κ2) is 6.67. The van der Waals surface area contributed by atoms with E-state index >= 15 is 0 Å². The van der Waals surface area contributed by atoms with Crippen LogP contribution in [0.1, 0.15) is 58.8 Å². The Morgan fingerprint density at radius 1 is 1.19 bits per heavy atom. The summed E-state index contributed by atoms with van der Waals surface area (Å²) >= 11 is 0. The molecule has 0 aromatic rings. The molecule has 1 saturated heterocycles. The predicted octanol–water partition coefficient (Wildman–Crippen LogP) is 2.85. The number of nitrogens with one attached hydrogen (secondary N) is 1. The number of carboxylic acid groups (broad SMARTS) is 1. The second-order valence-corrected chi connectivity index (χ2v) is 6.96. The Morgan fingerprint density at radius 3 is 2.43 bits per heavy atom. The van der Waals surface area contributed by atoms with Gasteiger partial charge < -0.3 is 15.3 Å². The summed E-state index contributed by atoms with van der Waals surface area (Å²) in [6.07, 6.45) is 6.44. The summed E-state index contributed by atoms with van der Waals surface area (Å²) in [4.78, 5) is 25.8. The number of likely N-dealkylation sites (tertiary alicyclic amines) is 1. The Labute approximate surface area is 127 Å². The van der Waals surface area contributed by atoms with Crippen LogP contribution in [-0.2, 0) is 4.79 Å². The monoisotopic (exact) mass is 296 g/mol. The van der Waals surface area contributed by atoms with E-state index in [1.165, 1.54) is 6.42 Å². The molecular formula is C16H28N2O3. The molecule has 1 atom stereocenters. The zero-order valence-electron chi connectivity index (χ0n) is 13.2. The molecular weight excluding hydrogens is 268 g/mol. The number of hydrogen-bond donors (Lipinski definition) is 2. The number of piperidine rings is 1. The molecule has 1 aliphatic carbocycles. The molecule has 1 unspecified atom stereocenters. The maximum absolute atomic E-state index is 12.3. The minimum Gasteiger partial charge on any atom is -0.481 e. The lowest BCUT2D eigenvalue weighted by atomic mass is 9.71. The van der Waals surface area contributed by atoms with Crippen LogP contribution in [0.3, 0.4) is 0 Å². The number of aliphatic carboxylic acids is 1. The van der Waals surface area contributed by atoms with Crippen molar-refractivity contribution < 1.29 is 14.7 Å². The zero-order valence-corrected chi connectivity index (χ0v) is 13.2. The molecule has 2 aliphatic rings. The fourth-order valence-corrected chi connectivity index (χ4v) is 3.53. The fourth-order valence-electron chi connectivity index (χ4n) is 3.53. The number of carboxylic acids is 1. The van der Waals surface area contributed by atoms with Gasteiger partial charge in [-0.05, 0) is 57.8 Å². The SMILES string of the molecule is CC1CCC(CNC(=O)N2CCCCC2C)(C(=O)O)CC1. The Morgan fingerprint density at radius 2 is 1.86 bits per heavy atom. The van der Waals surface area contributed by atoms with Gasteiger partial charge in [0.15, 0.2) is 0 Å². The van der Waals surface area contributed by atoms with E-state index in [2.05, 4.69) is 19.2 Å². The molecule has 0 bridgehead atoms. The molecule has 2 N–H and O–H groups in total. The number of hydrogen-bond acceptors (Lipinski definition) is 2. The molecule has 0 spiro atoms. The highest BCUT2D eigenvalue weighted by atomic mass is 16.4. The number of nitrogens with zero attached hydrogens (tertiary/aromatic N) is 1. The summed E-state index contributed by atoms with van der Waals surface area (Å²) < 4.78 is 0. The molecule has 0 aromatic heterocycles. The van der Waals surface area contributed by atoms with Crippen molar-refractivity contribution in [3.8, 4) is 0 Å². The first-order chi connectivity index (χ1) is 9.94. The van der Waals surface area contributed by atoms with E-state index in [1.807, 2.05) is 4.90 Å². The maximum Gasteiger partial charge on any atom is 0.317 e. The highest BCUT2D eigenvalue weighted by Gasteiger charge is 2.41. The average molecular weight is 296 g/mol. The van der Waals surface area contributed by atoms with Gasteiger partial charge in [0.1, 0.15) is 0 Å². The average Bonchev–Trinajstić information content (AvgIpc) is 2.47. The predicted molar refractivity (Wildman–Crippen MR) is 81.1 cm³/mol. The molecule has 1 aliphatic heterocycles. The van der Waals surface area contributed by atoms with Crippen molar-refractivity contribution in [3.05, 3.63) is 0 Å². The summed E-state index contributed by atoms with van der Waals surface area (Å²) in [5.41, 5.74) is -0.763. The normalized spacial score (nSPS) is 33.5. The molecule has 0 aromatic carbocycles. The van der Waals surface area contributed by atoms with Crippen molar-refractivity contribution in [2.45, 2.75) is 64.8 Å². The van der Waals surface area contributed by atoms with Gasteiger partial charge in [0, 0.05) is 19.1 Å². The van der Waals surface area contributed by atoms with Crippen molar-refractivity contribution in [3.63, 3.8) is 0 Å². The summed E-state index contributed by atoms with van der Waals surface area (Å²) in [5.74, 6) is -0.170. The van der Waals surface area contributed by atoms with Crippen LogP contribution in [0.15, 0.2) is 0 Å². The molecule has 5 nitrogen and oxygen atoms in total. The van der Waals surface area contributed by atoms with Gasteiger partial charge in [0.05, 0.1) is 5.41 Å². The van der Waals surface area contributed by atoms with Crippen LogP contribution in [-0.4, -0.2) is 41.1 Å². The fraction of sp³-hybridized carbons (Fsp3) is 0.875. The highest BCUT2D eigenvalue weighted by Crippen LogP contribution is 2.38. The summed E-state index contributed by atoms with van der Waals surface area (Å²) in [6, 6.07) is 0.160. The van der Waals surface area contributed by atoms with Crippen LogP contribution in [0.4, 0.5) is 4.79 Å². The van der Waals surface area contributed by atoms with Gasteiger partial charge in [-0.25, -0.2) is 4.79 Å². The molecule has 1 saturated carbocycles. The third kappa shape index (κ3) is 3.69. The summed E-state index contributed by atoms with van der Waals surface area (Å²) in [5, 5.41) is 12.5. The van der Waals surface area contributed by atoms with Gasteiger partial charge in [-0.2, -0.15) is 0 Å². The van der Waals surface area contributed by atoms with E-state index in [9.17, 15) is 14.7 Å². The van der Waals surface area contributed by atoms with Gasteiger partial charge in [-0.1, -0.05) is 6.92 Å². The van der Waals surface area contributed by atoms with Crippen molar-refractivity contribution in [1.29, 1.82) is 0 Å². The quantitative estimate of drug-likeness (QED) is 0.841. The van der Waals surface area contributed by atoms with E-state index in [0.29, 0.717) is 18.8 Å². The maximum atomic E-state index is 12.3. The van der Waals surface area contributed by atoms with Gasteiger partial charge in [0.2, 0.25) is 0 Å². The zero-order chi connectivity index (χ0) is 15.5. The molecule has 2 amide bonds. The second-order valence-electron chi connectivity index (χ2n) is 6.96. The first-order valence-electron chi connectivity index (χ1n) is 8.22. The molecule has 5 heteroatoms. The van der Waals surface area contributed by atoms with Gasteiger partial charge >= 0.3 is 12.0 Å². The molecule has 2 fully saturated rings. The molecule has 1 heterocycles. The molecule has 0 radical (unpaired) electrons. The van der Waals surface area contributed by atoms with E-state index in [-0.39, 0.29) is 18.6 Å². The van der Waals surface area contributed by atoms with Gasteiger partial charge in [0.25, 0.3) is 0 Å². The van der Waals surface area contributed by atoms with E-state index in [1.54, 1.807) is 0 Å². The van der Waals surface area contributed by atoms with Crippen LogP contribution in [0.25, 0.3) is 0 Å². The van der Waals surface area contributed by atoms with Crippen molar-refractivity contribution in [2.75, 3.05) is 13.1 Å². The summed E-state index contributed by atoms with van der Waals surface area (Å²) in [6.45, 7) is 5.27. The van der Waals surface area contributed by atoms with Crippen LogP contribution in [0.5, 0.6) is 0 Å². The van der Waals surface area contributed by atoms with E-state index < -0.39 is 11.4 Å². The first kappa shape index (κ1) is 16.1. The minimum absolute atomic E-state index is 0.0959. The van der Waals surface area contributed by atoms with Gasteiger partial charge in [-0.15, -0.1) is 0 Å².